The molecule has 0 spiro atoms. The van der Waals surface area contributed by atoms with Crippen LogP contribution in [0.25, 0.3) is 33.3 Å². The number of aromatic nitrogens is 4. The van der Waals surface area contributed by atoms with E-state index in [2.05, 4.69) is 21.9 Å². The molecule has 2 aromatic carbocycles. The summed E-state index contributed by atoms with van der Waals surface area (Å²) in [6.07, 6.45) is 2.70. The number of hydrogen-bond acceptors (Lipinski definition) is 4. The van der Waals surface area contributed by atoms with Gasteiger partial charge in [-0.15, -0.1) is 0 Å². The van der Waals surface area contributed by atoms with Gasteiger partial charge >= 0.3 is 0 Å². The molecule has 0 aliphatic carbocycles. The second kappa shape index (κ2) is 6.63. The standard InChI is InChI=1S/C20H20N4O2/c1-3-9-26-18-8-6-5-7-13(18)19-22-15-11-16-17(24(4-2)12-21-16)10-14(15)20(25)23-19/h5-8,10-12H,3-4,9H2,1-2H3,(H,22,23,25). The van der Waals surface area contributed by atoms with Gasteiger partial charge in [0.15, 0.2) is 0 Å². The Morgan fingerprint density at radius 1 is 1.15 bits per heavy atom. The fourth-order valence-corrected chi connectivity index (χ4v) is 3.07. The van der Waals surface area contributed by atoms with Crippen LogP contribution in [0.5, 0.6) is 5.75 Å². The molecule has 6 nitrogen and oxygen atoms in total. The third kappa shape index (κ3) is 2.73. The number of benzene rings is 2. The molecule has 4 aromatic rings. The molecule has 0 fully saturated rings. The number of imidazole rings is 1. The Labute approximate surface area is 150 Å². The smallest absolute Gasteiger partial charge is 0.259 e. The maximum absolute atomic E-state index is 12.7. The maximum atomic E-state index is 12.7. The highest BCUT2D eigenvalue weighted by Crippen LogP contribution is 2.28. The summed E-state index contributed by atoms with van der Waals surface area (Å²) in [5.41, 5.74) is 3.01. The molecule has 0 saturated carbocycles. The number of fused-ring (bicyclic) bond motifs is 2. The highest BCUT2D eigenvalue weighted by atomic mass is 16.5. The highest BCUT2D eigenvalue weighted by Gasteiger charge is 2.13. The number of para-hydroxylation sites is 1. The second-order valence-electron chi connectivity index (χ2n) is 6.15. The van der Waals surface area contributed by atoms with E-state index < -0.39 is 0 Å². The molecular formula is C20H20N4O2. The van der Waals surface area contributed by atoms with Crippen LogP contribution in [-0.4, -0.2) is 26.1 Å². The van der Waals surface area contributed by atoms with Crippen molar-refractivity contribution < 1.29 is 4.74 Å². The molecular weight excluding hydrogens is 328 g/mol. The van der Waals surface area contributed by atoms with Crippen molar-refractivity contribution in [2.45, 2.75) is 26.8 Å². The number of ether oxygens (including phenoxy) is 1. The average molecular weight is 348 g/mol. The predicted molar refractivity (Wildman–Crippen MR) is 103 cm³/mol. The fourth-order valence-electron chi connectivity index (χ4n) is 3.07. The van der Waals surface area contributed by atoms with Crippen molar-refractivity contribution in [1.82, 2.24) is 19.5 Å². The van der Waals surface area contributed by atoms with Gasteiger partial charge < -0.3 is 14.3 Å². The van der Waals surface area contributed by atoms with Gasteiger partial charge in [-0.2, -0.15) is 0 Å². The Balaban J connectivity index is 1.90. The molecule has 0 amide bonds. The predicted octanol–water partition coefficient (Wildman–Crippen LogP) is 3.75. The first-order chi connectivity index (χ1) is 12.7. The van der Waals surface area contributed by atoms with Crippen molar-refractivity contribution in [2.24, 2.45) is 0 Å². The minimum absolute atomic E-state index is 0.166. The lowest BCUT2D eigenvalue weighted by atomic mass is 10.1. The number of nitrogens with zero attached hydrogens (tertiary/aromatic N) is 3. The van der Waals surface area contributed by atoms with Crippen LogP contribution in [-0.2, 0) is 6.54 Å². The van der Waals surface area contributed by atoms with Crippen LogP contribution in [0.15, 0.2) is 47.5 Å². The van der Waals surface area contributed by atoms with Crippen molar-refractivity contribution in [2.75, 3.05) is 6.61 Å². The van der Waals surface area contributed by atoms with Gasteiger partial charge in [-0.25, -0.2) is 9.97 Å². The van der Waals surface area contributed by atoms with Crippen LogP contribution < -0.4 is 10.3 Å². The van der Waals surface area contributed by atoms with E-state index >= 15 is 0 Å². The SMILES string of the molecule is CCCOc1ccccc1-c1nc2cc3ncn(CC)c3cc2c(=O)[nH]1. The van der Waals surface area contributed by atoms with Crippen molar-refractivity contribution in [3.05, 3.63) is 53.1 Å². The third-order valence-electron chi connectivity index (χ3n) is 4.39. The highest BCUT2D eigenvalue weighted by molar-refractivity contribution is 5.93. The zero-order valence-corrected chi connectivity index (χ0v) is 14.8. The van der Waals surface area contributed by atoms with Crippen LogP contribution in [0, 0.1) is 0 Å². The molecule has 0 bridgehead atoms. The summed E-state index contributed by atoms with van der Waals surface area (Å²) in [6.45, 7) is 5.51. The molecule has 0 aliphatic rings. The second-order valence-corrected chi connectivity index (χ2v) is 6.15. The number of aryl methyl sites for hydroxylation is 1. The monoisotopic (exact) mass is 348 g/mol. The van der Waals surface area contributed by atoms with Crippen LogP contribution in [0.2, 0.25) is 0 Å². The zero-order chi connectivity index (χ0) is 18.1. The molecule has 132 valence electrons. The minimum Gasteiger partial charge on any atom is -0.493 e. The summed E-state index contributed by atoms with van der Waals surface area (Å²) in [5, 5.41) is 0.559. The van der Waals surface area contributed by atoms with E-state index in [4.69, 9.17) is 4.74 Å². The van der Waals surface area contributed by atoms with Crippen LogP contribution in [0.1, 0.15) is 20.3 Å². The summed E-state index contributed by atoms with van der Waals surface area (Å²) in [4.78, 5) is 24.7. The van der Waals surface area contributed by atoms with Gasteiger partial charge in [0.25, 0.3) is 5.56 Å². The van der Waals surface area contributed by atoms with Gasteiger partial charge in [-0.05, 0) is 37.6 Å². The van der Waals surface area contributed by atoms with Gasteiger partial charge in [-0.1, -0.05) is 19.1 Å². The molecule has 0 unspecified atom stereocenters. The Kier molecular flexibility index (Phi) is 4.16. The van der Waals surface area contributed by atoms with E-state index in [0.717, 1.165) is 29.6 Å². The van der Waals surface area contributed by atoms with Gasteiger partial charge in [0.05, 0.1) is 40.4 Å². The minimum atomic E-state index is -0.166. The molecule has 0 aliphatic heterocycles. The normalized spacial score (nSPS) is 11.3. The first-order valence-corrected chi connectivity index (χ1v) is 8.82. The number of hydrogen-bond donors (Lipinski definition) is 1. The largest absolute Gasteiger partial charge is 0.493 e. The summed E-state index contributed by atoms with van der Waals surface area (Å²) in [5.74, 6) is 1.22. The first kappa shape index (κ1) is 16.3. The Morgan fingerprint density at radius 3 is 2.81 bits per heavy atom. The number of aromatic amines is 1. The third-order valence-corrected chi connectivity index (χ3v) is 4.39. The molecule has 0 saturated heterocycles. The van der Waals surface area contributed by atoms with Crippen molar-refractivity contribution in [1.29, 1.82) is 0 Å². The average Bonchev–Trinajstić information content (AvgIpc) is 3.07. The summed E-state index contributed by atoms with van der Waals surface area (Å²) in [6, 6.07) is 11.3. The fraction of sp³-hybridized carbons (Fsp3) is 0.250. The summed E-state index contributed by atoms with van der Waals surface area (Å²) in [7, 11) is 0. The lowest BCUT2D eigenvalue weighted by Crippen LogP contribution is -2.10. The van der Waals surface area contributed by atoms with Crippen LogP contribution in [0.4, 0.5) is 0 Å². The topological polar surface area (TPSA) is 72.8 Å². The van der Waals surface area contributed by atoms with Gasteiger partial charge in [0.2, 0.25) is 0 Å². The molecule has 2 aromatic heterocycles. The van der Waals surface area contributed by atoms with Gasteiger partial charge in [-0.3, -0.25) is 4.79 Å². The van der Waals surface area contributed by atoms with Gasteiger partial charge in [0, 0.05) is 6.54 Å². The molecule has 4 rings (SSSR count). The molecule has 6 heteroatoms. The molecule has 2 heterocycles. The number of H-pyrrole nitrogens is 1. The van der Waals surface area contributed by atoms with Crippen LogP contribution >= 0.6 is 0 Å². The van der Waals surface area contributed by atoms with E-state index in [1.165, 1.54) is 0 Å². The Bertz CT molecular complexity index is 1140. The lowest BCUT2D eigenvalue weighted by molar-refractivity contribution is 0.318. The molecule has 26 heavy (non-hydrogen) atoms. The van der Waals surface area contributed by atoms with E-state index in [9.17, 15) is 4.79 Å². The van der Waals surface area contributed by atoms with Crippen molar-refractivity contribution in [3.63, 3.8) is 0 Å². The number of nitrogens with one attached hydrogen (secondary N) is 1. The van der Waals surface area contributed by atoms with E-state index in [0.29, 0.717) is 29.1 Å². The van der Waals surface area contributed by atoms with E-state index in [1.54, 1.807) is 6.33 Å². The zero-order valence-electron chi connectivity index (χ0n) is 14.8. The first-order valence-electron chi connectivity index (χ1n) is 8.82. The maximum Gasteiger partial charge on any atom is 0.259 e. The van der Waals surface area contributed by atoms with Crippen molar-refractivity contribution in [3.8, 4) is 17.1 Å². The van der Waals surface area contributed by atoms with Crippen molar-refractivity contribution >= 4 is 21.9 Å². The summed E-state index contributed by atoms with van der Waals surface area (Å²) < 4.78 is 7.81. The molecule has 0 atom stereocenters. The van der Waals surface area contributed by atoms with Crippen LogP contribution in [0.3, 0.4) is 0 Å². The molecule has 1 N–H and O–H groups in total. The molecule has 0 radical (unpaired) electrons. The Morgan fingerprint density at radius 2 is 2.00 bits per heavy atom. The number of rotatable bonds is 5. The summed E-state index contributed by atoms with van der Waals surface area (Å²) >= 11 is 0. The lowest BCUT2D eigenvalue weighted by Gasteiger charge is -2.10. The Hall–Kier alpha value is -3.15. The quantitative estimate of drug-likeness (QED) is 0.596. The van der Waals surface area contributed by atoms with E-state index in [1.807, 2.05) is 47.9 Å². The van der Waals surface area contributed by atoms with Gasteiger partial charge in [0.1, 0.15) is 11.6 Å². The van der Waals surface area contributed by atoms with E-state index in [-0.39, 0.29) is 5.56 Å².